The number of methoxy groups -OCH3 is 1. The van der Waals surface area contributed by atoms with Crippen LogP contribution >= 0.6 is 0 Å². The average molecular weight is 277 g/mol. The molecule has 1 aliphatic rings. The van der Waals surface area contributed by atoms with Gasteiger partial charge in [0, 0.05) is 6.42 Å². The van der Waals surface area contributed by atoms with E-state index in [1.165, 1.54) is 0 Å². The van der Waals surface area contributed by atoms with E-state index >= 15 is 0 Å². The number of aryl methyl sites for hydroxylation is 1. The first-order valence-electron chi connectivity index (χ1n) is 7.30. The summed E-state index contributed by atoms with van der Waals surface area (Å²) < 4.78 is 5.27. The van der Waals surface area contributed by atoms with Gasteiger partial charge in [-0.1, -0.05) is 31.0 Å². The number of aliphatic hydroxyl groups excluding tert-OH is 1. The van der Waals surface area contributed by atoms with Crippen LogP contribution in [0.25, 0.3) is 0 Å². The predicted molar refractivity (Wildman–Crippen MR) is 77.7 cm³/mol. The highest BCUT2D eigenvalue weighted by atomic mass is 16.5. The lowest BCUT2D eigenvalue weighted by Crippen LogP contribution is -2.45. The summed E-state index contributed by atoms with van der Waals surface area (Å²) in [5, 5.41) is 12.8. The number of amides is 1. The molecular formula is C16H23NO3. The van der Waals surface area contributed by atoms with Gasteiger partial charge >= 0.3 is 0 Å². The fourth-order valence-electron chi connectivity index (χ4n) is 2.72. The van der Waals surface area contributed by atoms with Gasteiger partial charge in [-0.2, -0.15) is 0 Å². The van der Waals surface area contributed by atoms with Gasteiger partial charge < -0.3 is 15.2 Å². The summed E-state index contributed by atoms with van der Waals surface area (Å²) in [5.74, 6) is 0.819. The van der Waals surface area contributed by atoms with Crippen molar-refractivity contribution in [1.29, 1.82) is 0 Å². The molecule has 1 fully saturated rings. The highest BCUT2D eigenvalue weighted by Gasteiger charge is 2.24. The van der Waals surface area contributed by atoms with Crippen LogP contribution in [0.1, 0.15) is 37.7 Å². The van der Waals surface area contributed by atoms with E-state index in [0.717, 1.165) is 37.0 Å². The van der Waals surface area contributed by atoms with Gasteiger partial charge in [-0.15, -0.1) is 0 Å². The van der Waals surface area contributed by atoms with Crippen LogP contribution in [0.15, 0.2) is 24.3 Å². The highest BCUT2D eigenvalue weighted by molar-refractivity contribution is 5.76. The van der Waals surface area contributed by atoms with Gasteiger partial charge in [-0.25, -0.2) is 0 Å². The van der Waals surface area contributed by atoms with Gasteiger partial charge in [0.15, 0.2) is 0 Å². The number of ether oxygens (including phenoxy) is 1. The molecule has 1 amide bonds. The van der Waals surface area contributed by atoms with Gasteiger partial charge in [0.05, 0.1) is 19.3 Å². The molecule has 4 nitrogen and oxygen atoms in total. The molecular weight excluding hydrogens is 254 g/mol. The second kappa shape index (κ2) is 7.29. The van der Waals surface area contributed by atoms with Crippen molar-refractivity contribution in [3.05, 3.63) is 29.8 Å². The molecule has 0 aromatic heterocycles. The molecule has 1 aromatic carbocycles. The zero-order chi connectivity index (χ0) is 14.4. The quantitative estimate of drug-likeness (QED) is 0.866. The molecule has 110 valence electrons. The Morgan fingerprint density at radius 2 is 2.10 bits per heavy atom. The van der Waals surface area contributed by atoms with E-state index in [2.05, 4.69) is 5.32 Å². The van der Waals surface area contributed by atoms with Crippen LogP contribution < -0.4 is 10.1 Å². The molecule has 0 heterocycles. The second-order valence-corrected chi connectivity index (χ2v) is 5.34. The van der Waals surface area contributed by atoms with Crippen molar-refractivity contribution in [3.8, 4) is 5.75 Å². The number of hydrogen-bond donors (Lipinski definition) is 2. The molecule has 0 spiro atoms. The van der Waals surface area contributed by atoms with Crippen LogP contribution in [-0.4, -0.2) is 30.3 Å². The van der Waals surface area contributed by atoms with Gasteiger partial charge in [-0.3, -0.25) is 4.79 Å². The molecule has 0 aliphatic heterocycles. The van der Waals surface area contributed by atoms with Crippen LogP contribution in [0.3, 0.4) is 0 Å². The Kier molecular flexibility index (Phi) is 5.41. The van der Waals surface area contributed by atoms with E-state index in [0.29, 0.717) is 12.8 Å². The molecule has 20 heavy (non-hydrogen) atoms. The molecule has 4 heteroatoms. The average Bonchev–Trinajstić information content (AvgIpc) is 2.48. The molecule has 0 bridgehead atoms. The maximum absolute atomic E-state index is 12.0. The smallest absolute Gasteiger partial charge is 0.220 e. The van der Waals surface area contributed by atoms with Crippen molar-refractivity contribution in [1.82, 2.24) is 5.32 Å². The summed E-state index contributed by atoms with van der Waals surface area (Å²) in [5.41, 5.74) is 1.04. The van der Waals surface area contributed by atoms with Crippen molar-refractivity contribution in [2.75, 3.05) is 7.11 Å². The van der Waals surface area contributed by atoms with Gasteiger partial charge in [0.1, 0.15) is 5.75 Å². The molecule has 0 radical (unpaired) electrons. The van der Waals surface area contributed by atoms with Gasteiger partial charge in [0.25, 0.3) is 0 Å². The third-order valence-corrected chi connectivity index (χ3v) is 3.89. The maximum atomic E-state index is 12.0. The molecule has 0 saturated heterocycles. The summed E-state index contributed by atoms with van der Waals surface area (Å²) >= 11 is 0. The number of carbonyl (C=O) groups excluding carboxylic acids is 1. The fraction of sp³-hybridized carbons (Fsp3) is 0.562. The molecule has 2 atom stereocenters. The van der Waals surface area contributed by atoms with Crippen LogP contribution in [0, 0.1) is 0 Å². The van der Waals surface area contributed by atoms with Crippen LogP contribution in [0.5, 0.6) is 5.75 Å². The summed E-state index contributed by atoms with van der Waals surface area (Å²) in [7, 11) is 1.64. The number of carbonyl (C=O) groups is 1. The SMILES string of the molecule is COc1ccccc1CCC(=O)N[C@H]1CCCC[C@@H]1O. The zero-order valence-corrected chi connectivity index (χ0v) is 12.0. The number of hydrogen-bond acceptors (Lipinski definition) is 3. The van der Waals surface area contributed by atoms with E-state index < -0.39 is 0 Å². The van der Waals surface area contributed by atoms with Crippen LogP contribution in [0.2, 0.25) is 0 Å². The molecule has 1 aliphatic carbocycles. The number of nitrogens with one attached hydrogen (secondary N) is 1. The Labute approximate surface area is 120 Å². The number of aliphatic hydroxyl groups is 1. The van der Waals surface area contributed by atoms with Crippen molar-refractivity contribution in [2.24, 2.45) is 0 Å². The summed E-state index contributed by atoms with van der Waals surface area (Å²) in [4.78, 5) is 12.0. The van der Waals surface area contributed by atoms with E-state index in [4.69, 9.17) is 4.74 Å². The van der Waals surface area contributed by atoms with Crippen molar-refractivity contribution >= 4 is 5.91 Å². The third kappa shape index (κ3) is 3.97. The standard InChI is InChI=1S/C16H23NO3/c1-20-15-9-5-2-6-12(15)10-11-16(19)17-13-7-3-4-8-14(13)18/h2,5-6,9,13-14,18H,3-4,7-8,10-11H2,1H3,(H,17,19)/t13-,14-/m0/s1. The normalized spacial score (nSPS) is 22.3. The minimum atomic E-state index is -0.390. The number of benzene rings is 1. The van der Waals surface area contributed by atoms with Gasteiger partial charge in [-0.05, 0) is 30.9 Å². The molecule has 1 saturated carbocycles. The van der Waals surface area contributed by atoms with Gasteiger partial charge in [0.2, 0.25) is 5.91 Å². The summed E-state index contributed by atoms with van der Waals surface area (Å²) in [6.45, 7) is 0. The first-order chi connectivity index (χ1) is 9.70. The minimum absolute atomic E-state index is 0.00172. The van der Waals surface area contributed by atoms with E-state index in [-0.39, 0.29) is 18.1 Å². The lowest BCUT2D eigenvalue weighted by atomic mass is 9.92. The Bertz CT molecular complexity index is 447. The first kappa shape index (κ1) is 14.9. The minimum Gasteiger partial charge on any atom is -0.496 e. The fourth-order valence-corrected chi connectivity index (χ4v) is 2.72. The van der Waals surface area contributed by atoms with Crippen molar-refractivity contribution in [2.45, 2.75) is 50.7 Å². The third-order valence-electron chi connectivity index (χ3n) is 3.89. The van der Waals surface area contributed by atoms with E-state index in [1.807, 2.05) is 24.3 Å². The Balaban J connectivity index is 1.82. The maximum Gasteiger partial charge on any atom is 0.220 e. The molecule has 2 rings (SSSR count). The lowest BCUT2D eigenvalue weighted by molar-refractivity contribution is -0.123. The Morgan fingerprint density at radius 1 is 1.35 bits per heavy atom. The van der Waals surface area contributed by atoms with E-state index in [1.54, 1.807) is 7.11 Å². The summed E-state index contributed by atoms with van der Waals surface area (Å²) in [6.07, 6.45) is 4.48. The van der Waals surface area contributed by atoms with Crippen LogP contribution in [-0.2, 0) is 11.2 Å². The molecule has 2 N–H and O–H groups in total. The molecule has 0 unspecified atom stereocenters. The monoisotopic (exact) mass is 277 g/mol. The van der Waals surface area contributed by atoms with Crippen molar-refractivity contribution in [3.63, 3.8) is 0 Å². The number of para-hydroxylation sites is 1. The predicted octanol–water partition coefficient (Wildman–Crippen LogP) is 2.05. The highest BCUT2D eigenvalue weighted by Crippen LogP contribution is 2.20. The van der Waals surface area contributed by atoms with E-state index in [9.17, 15) is 9.90 Å². The second-order valence-electron chi connectivity index (χ2n) is 5.34. The Morgan fingerprint density at radius 3 is 2.85 bits per heavy atom. The molecule has 1 aromatic rings. The largest absolute Gasteiger partial charge is 0.496 e. The lowest BCUT2D eigenvalue weighted by Gasteiger charge is -2.28. The zero-order valence-electron chi connectivity index (χ0n) is 12.0. The Hall–Kier alpha value is -1.55. The topological polar surface area (TPSA) is 58.6 Å². The number of rotatable bonds is 5. The first-order valence-corrected chi connectivity index (χ1v) is 7.30. The van der Waals surface area contributed by atoms with Crippen LogP contribution in [0.4, 0.5) is 0 Å². The van der Waals surface area contributed by atoms with Crippen molar-refractivity contribution < 1.29 is 14.6 Å². The summed E-state index contributed by atoms with van der Waals surface area (Å²) in [6, 6.07) is 7.66.